The molecule has 0 saturated heterocycles. The molecule has 1 saturated carbocycles. The molecule has 0 radical (unpaired) electrons. The van der Waals surface area contributed by atoms with Crippen molar-refractivity contribution < 1.29 is 4.79 Å². The van der Waals surface area contributed by atoms with E-state index in [1.165, 1.54) is 11.8 Å². The lowest BCUT2D eigenvalue weighted by Gasteiger charge is -2.16. The zero-order chi connectivity index (χ0) is 17.9. The Morgan fingerprint density at radius 1 is 1.15 bits per heavy atom. The van der Waals surface area contributed by atoms with Gasteiger partial charge in [0.15, 0.2) is 0 Å². The quantitative estimate of drug-likeness (QED) is 0.673. The molecule has 2 aromatic carbocycles. The van der Waals surface area contributed by atoms with E-state index in [0.717, 1.165) is 29.7 Å². The summed E-state index contributed by atoms with van der Waals surface area (Å²) in [5, 5.41) is 15.3. The fourth-order valence-electron chi connectivity index (χ4n) is 2.66. The number of aromatic nitrogens is 4. The Balaban J connectivity index is 1.59. The van der Waals surface area contributed by atoms with Crippen molar-refractivity contribution in [2.24, 2.45) is 0 Å². The van der Waals surface area contributed by atoms with Crippen LogP contribution in [-0.4, -0.2) is 26.1 Å². The van der Waals surface area contributed by atoms with Gasteiger partial charge in [0.05, 0.1) is 6.04 Å². The number of carbonyl (C=O) groups is 1. The Morgan fingerprint density at radius 3 is 2.58 bits per heavy atom. The number of nitrogens with zero attached hydrogens (tertiary/aromatic N) is 4. The van der Waals surface area contributed by atoms with Gasteiger partial charge in [-0.15, -0.1) is 5.10 Å². The van der Waals surface area contributed by atoms with Crippen LogP contribution in [0, 0.1) is 6.92 Å². The molecule has 1 aliphatic carbocycles. The molecule has 1 fully saturated rings. The molecule has 6 nitrogen and oxygen atoms in total. The van der Waals surface area contributed by atoms with Gasteiger partial charge in [-0.05, 0) is 47.9 Å². The fraction of sp³-hybridized carbons (Fsp3) is 0.263. The lowest BCUT2D eigenvalue weighted by atomic mass is 10.1. The van der Waals surface area contributed by atoms with E-state index in [-0.39, 0.29) is 5.91 Å². The van der Waals surface area contributed by atoms with Gasteiger partial charge in [0.1, 0.15) is 5.25 Å². The topological polar surface area (TPSA) is 72.7 Å². The van der Waals surface area contributed by atoms with Crippen LogP contribution < -0.4 is 5.32 Å². The first kappa shape index (κ1) is 16.8. The van der Waals surface area contributed by atoms with Crippen molar-refractivity contribution in [2.45, 2.75) is 36.2 Å². The van der Waals surface area contributed by atoms with Crippen LogP contribution in [0.25, 0.3) is 0 Å². The van der Waals surface area contributed by atoms with Crippen LogP contribution >= 0.6 is 11.8 Å². The lowest BCUT2D eigenvalue weighted by Crippen LogP contribution is -2.19. The molecular weight excluding hydrogens is 346 g/mol. The molecule has 1 N–H and O–H groups in total. The molecule has 0 bridgehead atoms. The second-order valence-corrected chi connectivity index (χ2v) is 7.47. The summed E-state index contributed by atoms with van der Waals surface area (Å²) in [4.78, 5) is 13.0. The maximum absolute atomic E-state index is 13.0. The number of aryl methyl sites for hydroxylation is 1. The van der Waals surface area contributed by atoms with Crippen molar-refractivity contribution in [1.82, 2.24) is 20.2 Å². The SMILES string of the molecule is Cc1ccc(NC(=O)[C@H](Sc2nnnn2C2CC2)c2ccccc2)cc1. The maximum Gasteiger partial charge on any atom is 0.242 e. The van der Waals surface area contributed by atoms with E-state index in [2.05, 4.69) is 20.8 Å². The molecule has 132 valence electrons. The molecule has 1 amide bonds. The molecule has 0 spiro atoms. The zero-order valence-electron chi connectivity index (χ0n) is 14.4. The minimum Gasteiger partial charge on any atom is -0.325 e. The number of thioether (sulfide) groups is 1. The summed E-state index contributed by atoms with van der Waals surface area (Å²) in [5.41, 5.74) is 2.86. The van der Waals surface area contributed by atoms with Gasteiger partial charge in [-0.1, -0.05) is 59.8 Å². The first-order valence-corrected chi connectivity index (χ1v) is 9.45. The number of anilines is 1. The smallest absolute Gasteiger partial charge is 0.242 e. The molecule has 0 unspecified atom stereocenters. The Labute approximate surface area is 156 Å². The van der Waals surface area contributed by atoms with Crippen molar-refractivity contribution in [2.75, 3.05) is 5.32 Å². The van der Waals surface area contributed by atoms with Crippen molar-refractivity contribution in [3.8, 4) is 0 Å². The molecule has 7 heteroatoms. The summed E-state index contributed by atoms with van der Waals surface area (Å²) in [6.45, 7) is 2.02. The molecule has 0 aliphatic heterocycles. The predicted molar refractivity (Wildman–Crippen MR) is 101 cm³/mol. The highest BCUT2D eigenvalue weighted by Crippen LogP contribution is 2.40. The van der Waals surface area contributed by atoms with Crippen molar-refractivity contribution >= 4 is 23.4 Å². The normalized spacial score (nSPS) is 14.8. The average molecular weight is 365 g/mol. The van der Waals surface area contributed by atoms with Crippen molar-refractivity contribution in [3.05, 3.63) is 65.7 Å². The van der Waals surface area contributed by atoms with Crippen molar-refractivity contribution in [1.29, 1.82) is 0 Å². The molecule has 3 aromatic rings. The highest BCUT2D eigenvalue weighted by Gasteiger charge is 2.31. The number of rotatable bonds is 6. The third-order valence-corrected chi connectivity index (χ3v) is 5.44. The molecule has 1 aliphatic rings. The van der Waals surface area contributed by atoms with Crippen LogP contribution in [-0.2, 0) is 4.79 Å². The Hall–Kier alpha value is -2.67. The Bertz CT molecular complexity index is 890. The molecule has 4 rings (SSSR count). The number of carbonyl (C=O) groups excluding carboxylic acids is 1. The number of nitrogens with one attached hydrogen (secondary N) is 1. The summed E-state index contributed by atoms with van der Waals surface area (Å²) in [6.07, 6.45) is 2.17. The molecule has 1 heterocycles. The predicted octanol–water partition coefficient (Wildman–Crippen LogP) is 3.79. The number of tetrazole rings is 1. The van der Waals surface area contributed by atoms with Gasteiger partial charge >= 0.3 is 0 Å². The number of hydrogen-bond acceptors (Lipinski definition) is 5. The van der Waals surface area contributed by atoms with Gasteiger partial charge in [0, 0.05) is 5.69 Å². The van der Waals surface area contributed by atoms with E-state index < -0.39 is 5.25 Å². The second-order valence-electron chi connectivity index (χ2n) is 6.40. The second kappa shape index (κ2) is 7.29. The van der Waals surface area contributed by atoms with Gasteiger partial charge in [0.2, 0.25) is 11.1 Å². The summed E-state index contributed by atoms with van der Waals surface area (Å²) in [5.74, 6) is -0.0876. The minimum absolute atomic E-state index is 0.0876. The first-order chi connectivity index (χ1) is 12.7. The van der Waals surface area contributed by atoms with Crippen LogP contribution in [0.5, 0.6) is 0 Å². The fourth-order valence-corrected chi connectivity index (χ4v) is 3.71. The monoisotopic (exact) mass is 365 g/mol. The largest absolute Gasteiger partial charge is 0.325 e. The number of amides is 1. The molecule has 1 atom stereocenters. The number of hydrogen-bond donors (Lipinski definition) is 1. The zero-order valence-corrected chi connectivity index (χ0v) is 15.2. The van der Waals surface area contributed by atoms with Crippen LogP contribution in [0.3, 0.4) is 0 Å². The van der Waals surface area contributed by atoms with Gasteiger partial charge in [0.25, 0.3) is 0 Å². The maximum atomic E-state index is 13.0. The third kappa shape index (κ3) is 3.77. The van der Waals surface area contributed by atoms with E-state index in [1.54, 1.807) is 0 Å². The van der Waals surface area contributed by atoms with Crippen molar-refractivity contribution in [3.63, 3.8) is 0 Å². The van der Waals surface area contributed by atoms with E-state index in [9.17, 15) is 4.79 Å². The Kier molecular flexibility index (Phi) is 4.71. The van der Waals surface area contributed by atoms with Gasteiger partial charge < -0.3 is 5.32 Å². The van der Waals surface area contributed by atoms with Crippen LogP contribution in [0.4, 0.5) is 5.69 Å². The standard InChI is InChI=1S/C19H19N5OS/c1-13-7-9-15(10-8-13)20-18(25)17(14-5-3-2-4-6-14)26-19-21-22-23-24(19)16-11-12-16/h2-10,16-17H,11-12H2,1H3,(H,20,25)/t17-/m1/s1. The Morgan fingerprint density at radius 2 is 1.88 bits per heavy atom. The minimum atomic E-state index is -0.430. The van der Waals surface area contributed by atoms with Crippen LogP contribution in [0.15, 0.2) is 59.8 Å². The summed E-state index contributed by atoms with van der Waals surface area (Å²) in [6, 6.07) is 17.9. The van der Waals surface area contributed by atoms with E-state index in [1.807, 2.05) is 66.2 Å². The van der Waals surface area contributed by atoms with Gasteiger partial charge in [-0.2, -0.15) is 0 Å². The van der Waals surface area contributed by atoms with E-state index in [4.69, 9.17) is 0 Å². The first-order valence-electron chi connectivity index (χ1n) is 8.58. The lowest BCUT2D eigenvalue weighted by molar-refractivity contribution is -0.115. The average Bonchev–Trinajstić information content (AvgIpc) is 3.40. The summed E-state index contributed by atoms with van der Waals surface area (Å²) >= 11 is 1.39. The summed E-state index contributed by atoms with van der Waals surface area (Å²) in [7, 11) is 0. The molecular formula is C19H19N5OS. The van der Waals surface area contributed by atoms with Crippen LogP contribution in [0.1, 0.15) is 35.3 Å². The molecule has 26 heavy (non-hydrogen) atoms. The van der Waals surface area contributed by atoms with Gasteiger partial charge in [-0.25, -0.2) is 4.68 Å². The highest BCUT2D eigenvalue weighted by atomic mass is 32.2. The third-order valence-electron chi connectivity index (χ3n) is 4.24. The highest BCUT2D eigenvalue weighted by molar-refractivity contribution is 8.00. The van der Waals surface area contributed by atoms with Crippen LogP contribution in [0.2, 0.25) is 0 Å². The van der Waals surface area contributed by atoms with E-state index in [0.29, 0.717) is 11.2 Å². The molecule has 1 aromatic heterocycles. The van der Waals surface area contributed by atoms with E-state index >= 15 is 0 Å². The summed E-state index contributed by atoms with van der Waals surface area (Å²) < 4.78 is 1.83. The van der Waals surface area contributed by atoms with Gasteiger partial charge in [-0.3, -0.25) is 4.79 Å². The number of benzene rings is 2.